The van der Waals surface area contributed by atoms with Crippen molar-refractivity contribution in [3.63, 3.8) is 0 Å². The summed E-state index contributed by atoms with van der Waals surface area (Å²) in [5.74, 6) is 0. The zero-order valence-electron chi connectivity index (χ0n) is 11.2. The predicted octanol–water partition coefficient (Wildman–Crippen LogP) is 5.86. The molecule has 2 aromatic carbocycles. The smallest absolute Gasteiger partial charge is 0.217 e. The number of allylic oxidation sites excluding steroid dienone is 1. The van der Waals surface area contributed by atoms with Crippen molar-refractivity contribution < 1.29 is 8.42 Å². The number of halogens is 4. The summed E-state index contributed by atoms with van der Waals surface area (Å²) in [6.07, 6.45) is 1.17. The minimum atomic E-state index is -4.03. The summed E-state index contributed by atoms with van der Waals surface area (Å²) in [4.78, 5) is -0.478. The fourth-order valence-corrected chi connectivity index (χ4v) is 4.89. The second kappa shape index (κ2) is 7.37. The van der Waals surface area contributed by atoms with Crippen LogP contribution < -0.4 is 0 Å². The molecule has 2 aromatic rings. The lowest BCUT2D eigenvalue weighted by Gasteiger charge is -2.07. The summed E-state index contributed by atoms with van der Waals surface area (Å²) in [5, 5.41) is 9.83. The molecular formula is C15H7Br2Cl2NO2S. The molecule has 0 radical (unpaired) electrons. The van der Waals surface area contributed by atoms with Crippen molar-refractivity contribution >= 4 is 71.0 Å². The minimum absolute atomic E-state index is 0.0251. The Morgan fingerprint density at radius 3 is 2.30 bits per heavy atom. The molecule has 2 rings (SSSR count). The molecule has 0 unspecified atom stereocenters. The average Bonchev–Trinajstić information content (AvgIpc) is 2.49. The van der Waals surface area contributed by atoms with Crippen molar-refractivity contribution in [3.8, 4) is 6.07 Å². The van der Waals surface area contributed by atoms with Crippen molar-refractivity contribution in [1.82, 2.24) is 0 Å². The van der Waals surface area contributed by atoms with Gasteiger partial charge >= 0.3 is 0 Å². The Morgan fingerprint density at radius 1 is 1.13 bits per heavy atom. The van der Waals surface area contributed by atoms with E-state index in [2.05, 4.69) is 31.9 Å². The van der Waals surface area contributed by atoms with Gasteiger partial charge in [0.25, 0.3) is 0 Å². The Kier molecular flexibility index (Phi) is 5.93. The first kappa shape index (κ1) is 18.5. The Hall–Kier alpha value is -0.840. The second-order valence-electron chi connectivity index (χ2n) is 4.33. The molecule has 3 nitrogen and oxygen atoms in total. The summed E-state index contributed by atoms with van der Waals surface area (Å²) in [7, 11) is -4.03. The summed E-state index contributed by atoms with van der Waals surface area (Å²) < 4.78 is 26.4. The fourth-order valence-electron chi connectivity index (χ4n) is 1.75. The first-order valence-corrected chi connectivity index (χ1v) is 9.86. The Bertz CT molecular complexity index is 930. The van der Waals surface area contributed by atoms with E-state index in [1.54, 1.807) is 36.4 Å². The van der Waals surface area contributed by atoms with Crippen LogP contribution in [0.4, 0.5) is 0 Å². The van der Waals surface area contributed by atoms with E-state index in [9.17, 15) is 13.7 Å². The maximum atomic E-state index is 12.7. The van der Waals surface area contributed by atoms with Crippen molar-refractivity contribution in [2.75, 3.05) is 0 Å². The lowest BCUT2D eigenvalue weighted by Crippen LogP contribution is -2.05. The SMILES string of the molecule is N#CC(=Cc1c(Cl)cccc1Cl)S(=O)(=O)c1cc(Br)ccc1Br. The molecule has 0 N–H and O–H groups in total. The van der Waals surface area contributed by atoms with Gasteiger partial charge in [-0.2, -0.15) is 5.26 Å². The van der Waals surface area contributed by atoms with Crippen molar-refractivity contribution in [3.05, 3.63) is 65.9 Å². The molecule has 0 spiro atoms. The Balaban J connectivity index is 2.68. The molecule has 0 aliphatic heterocycles. The zero-order chi connectivity index (χ0) is 17.2. The largest absolute Gasteiger partial charge is 0.218 e. The van der Waals surface area contributed by atoms with Crippen LogP contribution in [0.15, 0.2) is 55.1 Å². The Morgan fingerprint density at radius 2 is 1.74 bits per heavy atom. The van der Waals surface area contributed by atoms with Crippen LogP contribution in [0.25, 0.3) is 6.08 Å². The van der Waals surface area contributed by atoms with Gasteiger partial charge in [0.15, 0.2) is 0 Å². The monoisotopic (exact) mass is 493 g/mol. The number of nitriles is 1. The third-order valence-corrected chi connectivity index (χ3v) is 6.67. The van der Waals surface area contributed by atoms with Crippen molar-refractivity contribution in [2.45, 2.75) is 4.90 Å². The first-order chi connectivity index (χ1) is 10.8. The number of rotatable bonds is 3. The van der Waals surface area contributed by atoms with Crippen LogP contribution in [0.1, 0.15) is 5.56 Å². The molecule has 0 amide bonds. The molecule has 8 heteroatoms. The number of nitrogens with zero attached hydrogens (tertiary/aromatic N) is 1. The first-order valence-electron chi connectivity index (χ1n) is 6.03. The third-order valence-electron chi connectivity index (χ3n) is 2.86. The molecule has 0 heterocycles. The Labute approximate surface area is 160 Å². The second-order valence-corrected chi connectivity index (χ2v) is 8.80. The summed E-state index contributed by atoms with van der Waals surface area (Å²) in [6, 6.07) is 11.2. The van der Waals surface area contributed by atoms with Gasteiger partial charge in [-0.15, -0.1) is 0 Å². The molecule has 0 atom stereocenters. The average molecular weight is 496 g/mol. The van der Waals surface area contributed by atoms with Gasteiger partial charge in [-0.25, -0.2) is 8.42 Å². The highest BCUT2D eigenvalue weighted by Crippen LogP contribution is 2.33. The minimum Gasteiger partial charge on any atom is -0.218 e. The molecule has 23 heavy (non-hydrogen) atoms. The zero-order valence-corrected chi connectivity index (χ0v) is 16.7. The molecule has 0 aromatic heterocycles. The highest BCUT2D eigenvalue weighted by molar-refractivity contribution is 9.11. The van der Waals surface area contributed by atoms with Gasteiger partial charge in [-0.05, 0) is 52.3 Å². The molecule has 0 saturated heterocycles. The maximum absolute atomic E-state index is 12.7. The van der Waals surface area contributed by atoms with E-state index in [0.717, 1.165) is 0 Å². The quantitative estimate of drug-likeness (QED) is 0.501. The normalized spacial score (nSPS) is 12.0. The lowest BCUT2D eigenvalue weighted by molar-refractivity contribution is 0.603. The van der Waals surface area contributed by atoms with Crippen LogP contribution in [0, 0.1) is 11.3 Å². The highest BCUT2D eigenvalue weighted by Gasteiger charge is 2.24. The predicted molar refractivity (Wildman–Crippen MR) is 99.1 cm³/mol. The summed E-state index contributed by atoms with van der Waals surface area (Å²) in [6.45, 7) is 0. The van der Waals surface area contributed by atoms with E-state index < -0.39 is 14.7 Å². The molecule has 0 aliphatic carbocycles. The van der Waals surface area contributed by atoms with E-state index in [1.165, 1.54) is 12.1 Å². The van der Waals surface area contributed by atoms with Crippen LogP contribution in [0.3, 0.4) is 0 Å². The van der Waals surface area contributed by atoms with E-state index in [1.807, 2.05) is 0 Å². The van der Waals surface area contributed by atoms with Gasteiger partial charge in [-0.3, -0.25) is 0 Å². The summed E-state index contributed by atoms with van der Waals surface area (Å²) >= 11 is 18.5. The standard InChI is InChI=1S/C15H7Br2Cl2NO2S/c16-9-4-5-12(17)15(6-9)23(21,22)10(8-20)7-11-13(18)2-1-3-14(11)19/h1-7H. The van der Waals surface area contributed by atoms with E-state index in [-0.39, 0.29) is 20.5 Å². The molecule has 0 fully saturated rings. The maximum Gasteiger partial charge on any atom is 0.217 e. The molecule has 118 valence electrons. The highest BCUT2D eigenvalue weighted by atomic mass is 79.9. The number of benzene rings is 2. The van der Waals surface area contributed by atoms with Gasteiger partial charge < -0.3 is 0 Å². The molecule has 0 aliphatic rings. The lowest BCUT2D eigenvalue weighted by atomic mass is 10.2. The van der Waals surface area contributed by atoms with Gasteiger partial charge in [0.2, 0.25) is 9.84 Å². The van der Waals surface area contributed by atoms with E-state index in [4.69, 9.17) is 23.2 Å². The van der Waals surface area contributed by atoms with Crippen LogP contribution in [0.2, 0.25) is 10.0 Å². The van der Waals surface area contributed by atoms with Crippen LogP contribution in [-0.2, 0) is 9.84 Å². The van der Waals surface area contributed by atoms with Crippen molar-refractivity contribution in [1.29, 1.82) is 5.26 Å². The van der Waals surface area contributed by atoms with Gasteiger partial charge in [-0.1, -0.05) is 45.2 Å². The number of sulfone groups is 1. The topological polar surface area (TPSA) is 57.9 Å². The van der Waals surface area contributed by atoms with Crippen LogP contribution >= 0.6 is 55.1 Å². The third kappa shape index (κ3) is 3.98. The van der Waals surface area contributed by atoms with Gasteiger partial charge in [0, 0.05) is 24.6 Å². The van der Waals surface area contributed by atoms with E-state index >= 15 is 0 Å². The fraction of sp³-hybridized carbons (Fsp3) is 0. The van der Waals surface area contributed by atoms with Gasteiger partial charge in [0.05, 0.1) is 4.90 Å². The van der Waals surface area contributed by atoms with Crippen molar-refractivity contribution in [2.24, 2.45) is 0 Å². The van der Waals surface area contributed by atoms with E-state index in [0.29, 0.717) is 8.95 Å². The van der Waals surface area contributed by atoms with Gasteiger partial charge in [0.1, 0.15) is 11.0 Å². The number of hydrogen-bond donors (Lipinski definition) is 0. The molecule has 0 bridgehead atoms. The molecular weight excluding hydrogens is 489 g/mol. The number of hydrogen-bond acceptors (Lipinski definition) is 3. The van der Waals surface area contributed by atoms with Crippen LogP contribution in [0.5, 0.6) is 0 Å². The van der Waals surface area contributed by atoms with Crippen LogP contribution in [-0.4, -0.2) is 8.42 Å². The summed E-state index contributed by atoms with van der Waals surface area (Å²) in [5.41, 5.74) is 0.280. The molecule has 0 saturated carbocycles.